The van der Waals surface area contributed by atoms with E-state index in [0.717, 1.165) is 11.1 Å². The van der Waals surface area contributed by atoms with E-state index in [4.69, 9.17) is 6.42 Å². The van der Waals surface area contributed by atoms with Gasteiger partial charge in [-0.25, -0.2) is 0 Å². The molecule has 0 fully saturated rings. The Morgan fingerprint density at radius 3 is 2.53 bits per heavy atom. The predicted octanol–water partition coefficient (Wildman–Crippen LogP) is 2.44. The molecule has 4 nitrogen and oxygen atoms in total. The molecule has 3 rings (SSSR count). The molecule has 19 heavy (non-hydrogen) atoms. The first-order valence-corrected chi connectivity index (χ1v) is 5.67. The molecule has 2 aromatic carbocycles. The maximum atomic E-state index is 10.8. The largest absolute Gasteiger partial charge is 0.369 e. The zero-order valence-corrected chi connectivity index (χ0v) is 9.83. The van der Waals surface area contributed by atoms with E-state index in [1.165, 1.54) is 12.1 Å². The van der Waals surface area contributed by atoms with Crippen LogP contribution < -0.4 is 0 Å². The van der Waals surface area contributed by atoms with Crippen molar-refractivity contribution in [3.05, 3.63) is 63.7 Å². The summed E-state index contributed by atoms with van der Waals surface area (Å²) in [5.74, 6) is 2.35. The van der Waals surface area contributed by atoms with Gasteiger partial charge >= 0.3 is 0 Å². The monoisotopic (exact) mass is 251 g/mol. The van der Waals surface area contributed by atoms with Crippen LogP contribution in [0, 0.1) is 22.5 Å². The van der Waals surface area contributed by atoms with Crippen molar-refractivity contribution in [1.82, 2.24) is 0 Å². The summed E-state index contributed by atoms with van der Waals surface area (Å²) in [5.41, 5.74) is 0.853. The number of nitrogens with zero attached hydrogens (tertiary/aromatic N) is 1. The van der Waals surface area contributed by atoms with E-state index >= 15 is 0 Å². The van der Waals surface area contributed by atoms with Gasteiger partial charge in [-0.1, -0.05) is 30.2 Å². The first kappa shape index (κ1) is 11.5. The van der Waals surface area contributed by atoms with Crippen LogP contribution in [0.15, 0.2) is 42.5 Å². The summed E-state index contributed by atoms with van der Waals surface area (Å²) in [6.07, 6.45) is 5.45. The number of rotatable bonds is 1. The minimum atomic E-state index is -1.60. The smallest absolute Gasteiger partial charge is 0.269 e. The highest BCUT2D eigenvalue weighted by molar-refractivity contribution is 5.82. The van der Waals surface area contributed by atoms with Gasteiger partial charge < -0.3 is 5.11 Å². The van der Waals surface area contributed by atoms with Crippen molar-refractivity contribution < 1.29 is 10.0 Å². The number of fused-ring (bicyclic) bond motifs is 3. The van der Waals surface area contributed by atoms with Crippen LogP contribution >= 0.6 is 0 Å². The lowest BCUT2D eigenvalue weighted by Crippen LogP contribution is -2.21. The van der Waals surface area contributed by atoms with Gasteiger partial charge in [0, 0.05) is 23.3 Å². The number of non-ortho nitro benzene ring substituents is 1. The van der Waals surface area contributed by atoms with Crippen LogP contribution in [0.2, 0.25) is 0 Å². The number of terminal acetylenes is 1. The van der Waals surface area contributed by atoms with Crippen molar-refractivity contribution in [2.75, 3.05) is 0 Å². The van der Waals surface area contributed by atoms with Gasteiger partial charge in [-0.15, -0.1) is 6.42 Å². The molecule has 0 amide bonds. The van der Waals surface area contributed by atoms with Crippen molar-refractivity contribution in [2.45, 2.75) is 5.60 Å². The molecule has 1 aliphatic rings. The molecule has 0 bridgehead atoms. The van der Waals surface area contributed by atoms with Crippen LogP contribution in [-0.2, 0) is 5.60 Å². The number of nitro benzene ring substituents is 1. The Kier molecular flexibility index (Phi) is 2.21. The molecule has 4 heteroatoms. The third-order valence-electron chi connectivity index (χ3n) is 3.42. The van der Waals surface area contributed by atoms with Gasteiger partial charge in [0.1, 0.15) is 0 Å². The molecule has 2 aromatic rings. The van der Waals surface area contributed by atoms with Gasteiger partial charge in [-0.05, 0) is 17.2 Å². The van der Waals surface area contributed by atoms with Crippen LogP contribution in [0.25, 0.3) is 11.1 Å². The Bertz CT molecular complexity index is 745. The molecule has 0 heterocycles. The third-order valence-corrected chi connectivity index (χ3v) is 3.42. The van der Waals surface area contributed by atoms with Crippen LogP contribution in [-0.4, -0.2) is 10.0 Å². The Morgan fingerprint density at radius 2 is 1.84 bits per heavy atom. The second kappa shape index (κ2) is 3.67. The van der Waals surface area contributed by atoms with E-state index in [0.29, 0.717) is 11.1 Å². The maximum absolute atomic E-state index is 10.8. The lowest BCUT2D eigenvalue weighted by Gasteiger charge is -2.18. The average Bonchev–Trinajstić information content (AvgIpc) is 2.70. The van der Waals surface area contributed by atoms with Crippen molar-refractivity contribution in [3.8, 4) is 23.5 Å². The van der Waals surface area contributed by atoms with Crippen LogP contribution in [0.3, 0.4) is 0 Å². The molecule has 0 aliphatic heterocycles. The summed E-state index contributed by atoms with van der Waals surface area (Å²) in [4.78, 5) is 10.3. The van der Waals surface area contributed by atoms with E-state index in [1.54, 1.807) is 18.2 Å². The minimum absolute atomic E-state index is 0.0831. The van der Waals surface area contributed by atoms with Crippen molar-refractivity contribution in [1.29, 1.82) is 0 Å². The van der Waals surface area contributed by atoms with E-state index in [9.17, 15) is 15.2 Å². The fraction of sp³-hybridized carbons (Fsp3) is 0.0667. The highest BCUT2D eigenvalue weighted by atomic mass is 16.6. The van der Waals surface area contributed by atoms with E-state index in [1.807, 2.05) is 12.1 Å². The van der Waals surface area contributed by atoms with E-state index in [2.05, 4.69) is 5.92 Å². The van der Waals surface area contributed by atoms with Crippen LogP contribution in [0.1, 0.15) is 11.1 Å². The normalized spacial score (nSPS) is 19.4. The molecule has 1 atom stereocenters. The van der Waals surface area contributed by atoms with Gasteiger partial charge in [-0.3, -0.25) is 10.1 Å². The minimum Gasteiger partial charge on any atom is -0.369 e. The van der Waals surface area contributed by atoms with E-state index in [-0.39, 0.29) is 5.69 Å². The SMILES string of the molecule is C#CC1(O)c2ccccc2-c2ccc([N+](=O)[O-])cc21. The molecule has 1 N–H and O–H groups in total. The molecule has 0 saturated carbocycles. The van der Waals surface area contributed by atoms with Crippen molar-refractivity contribution in [2.24, 2.45) is 0 Å². The lowest BCUT2D eigenvalue weighted by molar-refractivity contribution is -0.385. The summed E-state index contributed by atoms with van der Waals surface area (Å²) in [6.45, 7) is 0. The molecule has 1 aliphatic carbocycles. The number of nitro groups is 1. The number of aliphatic hydroxyl groups is 1. The molecule has 0 aromatic heterocycles. The highest BCUT2D eigenvalue weighted by Crippen LogP contribution is 2.47. The number of benzene rings is 2. The fourth-order valence-corrected chi connectivity index (χ4v) is 2.51. The molecule has 0 radical (unpaired) electrons. The van der Waals surface area contributed by atoms with Gasteiger partial charge in [0.15, 0.2) is 5.60 Å². The van der Waals surface area contributed by atoms with Gasteiger partial charge in [0.25, 0.3) is 5.69 Å². The maximum Gasteiger partial charge on any atom is 0.269 e. The average molecular weight is 251 g/mol. The zero-order valence-electron chi connectivity index (χ0n) is 9.83. The Morgan fingerprint density at radius 1 is 1.16 bits per heavy atom. The van der Waals surface area contributed by atoms with Gasteiger partial charge in [0.05, 0.1) is 4.92 Å². The molecule has 0 spiro atoms. The first-order chi connectivity index (χ1) is 9.08. The van der Waals surface area contributed by atoms with E-state index < -0.39 is 10.5 Å². The Hall–Kier alpha value is -2.64. The topological polar surface area (TPSA) is 63.4 Å². The third kappa shape index (κ3) is 1.39. The highest BCUT2D eigenvalue weighted by Gasteiger charge is 2.41. The summed E-state index contributed by atoms with van der Waals surface area (Å²) in [6, 6.07) is 11.6. The number of hydrogen-bond acceptors (Lipinski definition) is 3. The van der Waals surface area contributed by atoms with Gasteiger partial charge in [0.2, 0.25) is 0 Å². The summed E-state index contributed by atoms with van der Waals surface area (Å²) in [7, 11) is 0. The number of hydrogen-bond donors (Lipinski definition) is 1. The van der Waals surface area contributed by atoms with Crippen molar-refractivity contribution in [3.63, 3.8) is 0 Å². The van der Waals surface area contributed by atoms with Crippen LogP contribution in [0.4, 0.5) is 5.69 Å². The van der Waals surface area contributed by atoms with Gasteiger partial charge in [-0.2, -0.15) is 0 Å². The van der Waals surface area contributed by atoms with Crippen molar-refractivity contribution >= 4 is 5.69 Å². The molecule has 92 valence electrons. The molecular weight excluding hydrogens is 242 g/mol. The first-order valence-electron chi connectivity index (χ1n) is 5.67. The predicted molar refractivity (Wildman–Crippen MR) is 70.4 cm³/mol. The summed E-state index contributed by atoms with van der Waals surface area (Å²) >= 11 is 0. The quantitative estimate of drug-likeness (QED) is 0.481. The lowest BCUT2D eigenvalue weighted by atomic mass is 9.92. The standard InChI is InChI=1S/C15H9NO3/c1-2-15(17)13-6-4-3-5-11(13)12-8-7-10(16(18)19)9-14(12)15/h1,3-9,17H. The zero-order chi connectivity index (χ0) is 13.6. The Labute approximate surface area is 109 Å². The second-order valence-electron chi connectivity index (χ2n) is 4.39. The summed E-state index contributed by atoms with van der Waals surface area (Å²) in [5, 5.41) is 21.5. The fourth-order valence-electron chi connectivity index (χ4n) is 2.51. The molecule has 1 unspecified atom stereocenters. The summed E-state index contributed by atoms with van der Waals surface area (Å²) < 4.78 is 0. The molecule has 0 saturated heterocycles. The second-order valence-corrected chi connectivity index (χ2v) is 4.39. The molecular formula is C15H9NO3. The van der Waals surface area contributed by atoms with Crippen LogP contribution in [0.5, 0.6) is 0 Å². The Balaban J connectivity index is 2.36.